The molecule has 4 rings (SSSR count). The third kappa shape index (κ3) is 5.32. The summed E-state index contributed by atoms with van der Waals surface area (Å²) in [6.45, 7) is 5.21. The van der Waals surface area contributed by atoms with E-state index < -0.39 is 65.8 Å². The Kier molecular flexibility index (Phi) is 7.03. The molecule has 1 aromatic rings. The fourth-order valence-electron chi connectivity index (χ4n) is 4.58. The third-order valence-corrected chi connectivity index (χ3v) is 6.49. The zero-order valence-electron chi connectivity index (χ0n) is 20.8. The van der Waals surface area contributed by atoms with Crippen LogP contribution < -0.4 is 0 Å². The number of likely N-dealkylation sites (tertiary alicyclic amines) is 2. The van der Waals surface area contributed by atoms with Gasteiger partial charge in [0.2, 0.25) is 5.91 Å². The minimum Gasteiger partial charge on any atom is -0.444 e. The molecule has 12 heteroatoms. The number of esters is 1. The van der Waals surface area contributed by atoms with Gasteiger partial charge in [0.05, 0.1) is 17.0 Å². The van der Waals surface area contributed by atoms with E-state index in [0.717, 1.165) is 17.0 Å². The number of ether oxygens (including phenoxy) is 2. The lowest BCUT2D eigenvalue weighted by atomic mass is 9.97. The molecule has 0 spiro atoms. The molecule has 11 nitrogen and oxygen atoms in total. The minimum absolute atomic E-state index is 0.0215. The zero-order chi connectivity index (χ0) is 27.1. The first-order chi connectivity index (χ1) is 17.4. The Bertz CT molecular complexity index is 1170. The molecule has 0 saturated carbocycles. The average molecular weight is 518 g/mol. The number of rotatable bonds is 4. The number of carbonyl (C=O) groups excluding carboxylic acids is 6. The van der Waals surface area contributed by atoms with Gasteiger partial charge in [0, 0.05) is 19.5 Å². The summed E-state index contributed by atoms with van der Waals surface area (Å²) in [6.07, 6.45) is -0.0447. The van der Waals surface area contributed by atoms with E-state index in [-0.39, 0.29) is 24.0 Å². The SMILES string of the molecule is CC(C)(C)OC(=O)N1CCC(C(=O)OCN2C(=O)CCC(N3C(=O)c4ccc(F)cc4C3=O)C2=O)CC1. The molecule has 1 aromatic carbocycles. The van der Waals surface area contributed by atoms with Crippen LogP contribution in [0.1, 0.15) is 67.2 Å². The number of piperidine rings is 2. The predicted molar refractivity (Wildman–Crippen MR) is 123 cm³/mol. The molecule has 0 N–H and O–H groups in total. The molecule has 37 heavy (non-hydrogen) atoms. The quantitative estimate of drug-likeness (QED) is 0.438. The van der Waals surface area contributed by atoms with Gasteiger partial charge in [-0.15, -0.1) is 0 Å². The van der Waals surface area contributed by atoms with E-state index >= 15 is 0 Å². The third-order valence-electron chi connectivity index (χ3n) is 6.49. The van der Waals surface area contributed by atoms with Gasteiger partial charge in [-0.2, -0.15) is 0 Å². The Morgan fingerprint density at radius 2 is 1.65 bits per heavy atom. The van der Waals surface area contributed by atoms with Gasteiger partial charge >= 0.3 is 12.1 Å². The summed E-state index contributed by atoms with van der Waals surface area (Å²) in [6, 6.07) is 1.88. The lowest BCUT2D eigenvalue weighted by molar-refractivity contribution is -0.166. The standard InChI is InChI=1S/C25H28FN3O8/c1-25(2,3)37-24(35)27-10-8-14(9-11-27)23(34)36-13-28-19(30)7-6-18(22(28)33)29-20(31)16-5-4-15(26)12-17(16)21(29)32/h4-5,12,14,18H,6-11,13H2,1-3H3. The molecule has 3 heterocycles. The van der Waals surface area contributed by atoms with Gasteiger partial charge in [-0.25, -0.2) is 14.1 Å². The number of benzene rings is 1. The van der Waals surface area contributed by atoms with E-state index in [1.54, 1.807) is 20.8 Å². The van der Waals surface area contributed by atoms with Crippen molar-refractivity contribution in [3.05, 3.63) is 35.1 Å². The van der Waals surface area contributed by atoms with Crippen molar-refractivity contribution in [2.24, 2.45) is 5.92 Å². The zero-order valence-corrected chi connectivity index (χ0v) is 20.8. The van der Waals surface area contributed by atoms with Crippen LogP contribution in [0, 0.1) is 11.7 Å². The van der Waals surface area contributed by atoms with Crippen LogP contribution in [0.4, 0.5) is 9.18 Å². The van der Waals surface area contributed by atoms with Crippen LogP contribution in [0.25, 0.3) is 0 Å². The smallest absolute Gasteiger partial charge is 0.410 e. The van der Waals surface area contributed by atoms with Gasteiger partial charge in [-0.3, -0.25) is 28.9 Å². The fraction of sp³-hybridized carbons (Fsp3) is 0.520. The second-order valence-corrected chi connectivity index (χ2v) is 10.2. The van der Waals surface area contributed by atoms with Crippen LogP contribution in [0.2, 0.25) is 0 Å². The Morgan fingerprint density at radius 3 is 2.30 bits per heavy atom. The Hall–Kier alpha value is -3.83. The lowest BCUT2D eigenvalue weighted by Gasteiger charge is -2.35. The summed E-state index contributed by atoms with van der Waals surface area (Å²) in [7, 11) is 0. The Labute approximate surface area is 212 Å². The predicted octanol–water partition coefficient (Wildman–Crippen LogP) is 2.09. The van der Waals surface area contributed by atoms with Gasteiger partial charge in [0.15, 0.2) is 6.73 Å². The van der Waals surface area contributed by atoms with Gasteiger partial charge in [0.25, 0.3) is 17.7 Å². The van der Waals surface area contributed by atoms with Crippen molar-refractivity contribution < 1.29 is 42.6 Å². The molecule has 2 fully saturated rings. The van der Waals surface area contributed by atoms with Crippen molar-refractivity contribution in [3.8, 4) is 0 Å². The highest BCUT2D eigenvalue weighted by atomic mass is 19.1. The Balaban J connectivity index is 1.35. The molecule has 3 aliphatic heterocycles. The monoisotopic (exact) mass is 517 g/mol. The first kappa shape index (κ1) is 26.2. The lowest BCUT2D eigenvalue weighted by Crippen LogP contribution is -2.56. The molecule has 1 atom stereocenters. The minimum atomic E-state index is -1.27. The van der Waals surface area contributed by atoms with Gasteiger partial charge in [-0.1, -0.05) is 0 Å². The molecule has 0 aliphatic carbocycles. The normalized spacial score (nSPS) is 20.9. The maximum absolute atomic E-state index is 13.6. The van der Waals surface area contributed by atoms with Crippen LogP contribution >= 0.6 is 0 Å². The molecule has 198 valence electrons. The summed E-state index contributed by atoms with van der Waals surface area (Å²) in [4.78, 5) is 78.9. The molecular formula is C25H28FN3O8. The van der Waals surface area contributed by atoms with Crippen molar-refractivity contribution in [1.29, 1.82) is 0 Å². The van der Waals surface area contributed by atoms with Gasteiger partial charge < -0.3 is 14.4 Å². The maximum Gasteiger partial charge on any atom is 0.410 e. The number of imide groups is 2. The maximum atomic E-state index is 13.6. The summed E-state index contributed by atoms with van der Waals surface area (Å²) < 4.78 is 24.2. The van der Waals surface area contributed by atoms with Crippen LogP contribution in [-0.4, -0.2) is 81.9 Å². The highest BCUT2D eigenvalue weighted by Crippen LogP contribution is 2.30. The van der Waals surface area contributed by atoms with Crippen LogP contribution in [0.5, 0.6) is 0 Å². The van der Waals surface area contributed by atoms with E-state index in [0.29, 0.717) is 30.8 Å². The van der Waals surface area contributed by atoms with E-state index in [2.05, 4.69) is 0 Å². The van der Waals surface area contributed by atoms with Gasteiger partial charge in [0.1, 0.15) is 17.5 Å². The van der Waals surface area contributed by atoms with E-state index in [9.17, 15) is 33.2 Å². The van der Waals surface area contributed by atoms with Crippen molar-refractivity contribution in [2.45, 2.75) is 58.1 Å². The highest BCUT2D eigenvalue weighted by molar-refractivity contribution is 6.23. The molecular weight excluding hydrogens is 489 g/mol. The van der Waals surface area contributed by atoms with Crippen molar-refractivity contribution in [3.63, 3.8) is 0 Å². The highest BCUT2D eigenvalue weighted by Gasteiger charge is 2.47. The first-order valence-electron chi connectivity index (χ1n) is 12.0. The van der Waals surface area contributed by atoms with E-state index in [1.807, 2.05) is 0 Å². The molecule has 0 bridgehead atoms. The number of hydrogen-bond donors (Lipinski definition) is 0. The van der Waals surface area contributed by atoms with Crippen molar-refractivity contribution >= 4 is 35.7 Å². The summed E-state index contributed by atoms with van der Waals surface area (Å²) in [5.74, 6) is -4.87. The average Bonchev–Trinajstić information content (AvgIpc) is 3.07. The number of hydrogen-bond acceptors (Lipinski definition) is 8. The summed E-state index contributed by atoms with van der Waals surface area (Å²) in [5, 5.41) is 0. The number of fused-ring (bicyclic) bond motifs is 1. The summed E-state index contributed by atoms with van der Waals surface area (Å²) in [5.41, 5.74) is -0.807. The topological polar surface area (TPSA) is 131 Å². The number of carbonyl (C=O) groups is 6. The first-order valence-corrected chi connectivity index (χ1v) is 12.0. The van der Waals surface area contributed by atoms with Crippen LogP contribution in [0.15, 0.2) is 18.2 Å². The molecule has 2 saturated heterocycles. The second-order valence-electron chi connectivity index (χ2n) is 10.2. The van der Waals surface area contributed by atoms with Gasteiger partial charge in [-0.05, 0) is 58.2 Å². The second kappa shape index (κ2) is 9.91. The molecule has 5 amide bonds. The number of halogens is 1. The molecule has 1 unspecified atom stereocenters. The number of nitrogens with zero attached hydrogens (tertiary/aromatic N) is 3. The van der Waals surface area contributed by atoms with Crippen LogP contribution in [-0.2, 0) is 23.9 Å². The largest absolute Gasteiger partial charge is 0.444 e. The summed E-state index contributed by atoms with van der Waals surface area (Å²) >= 11 is 0. The molecule has 0 aromatic heterocycles. The Morgan fingerprint density at radius 1 is 1.00 bits per heavy atom. The molecule has 3 aliphatic rings. The van der Waals surface area contributed by atoms with Crippen molar-refractivity contribution in [2.75, 3.05) is 19.8 Å². The molecule has 0 radical (unpaired) electrons. The van der Waals surface area contributed by atoms with E-state index in [4.69, 9.17) is 9.47 Å². The number of amides is 5. The van der Waals surface area contributed by atoms with E-state index in [1.165, 1.54) is 11.0 Å². The fourth-order valence-corrected chi connectivity index (χ4v) is 4.58. The van der Waals surface area contributed by atoms with Crippen LogP contribution in [0.3, 0.4) is 0 Å². The van der Waals surface area contributed by atoms with Crippen molar-refractivity contribution in [1.82, 2.24) is 14.7 Å².